The minimum Gasteiger partial charge on any atom is -0.340 e. The van der Waals surface area contributed by atoms with E-state index in [2.05, 4.69) is 5.32 Å². The summed E-state index contributed by atoms with van der Waals surface area (Å²) in [4.78, 5) is 27.7. The van der Waals surface area contributed by atoms with Gasteiger partial charge in [-0.05, 0) is 39.5 Å². The fraction of sp³-hybridized carbons (Fsp3) is 0.875. The molecule has 2 amide bonds. The molecule has 112 valence electrons. The summed E-state index contributed by atoms with van der Waals surface area (Å²) < 4.78 is 0. The number of carbonyl (C=O) groups is 2. The predicted molar refractivity (Wildman–Crippen MR) is 77.1 cm³/mol. The average molecular weight is 278 g/mol. The summed E-state index contributed by atoms with van der Waals surface area (Å²) >= 11 is 0. The van der Waals surface area contributed by atoms with Crippen molar-refractivity contribution >= 4 is 11.8 Å². The molecule has 1 heterocycles. The van der Waals surface area contributed by atoms with Crippen LogP contribution >= 0.6 is 0 Å². The van der Waals surface area contributed by atoms with Gasteiger partial charge in [-0.25, -0.2) is 0 Å². The van der Waals surface area contributed by atoms with Crippen molar-refractivity contribution in [2.45, 2.75) is 88.8 Å². The van der Waals surface area contributed by atoms with Gasteiger partial charge in [0.05, 0.1) is 0 Å². The predicted octanol–water partition coefficient (Wildman–Crippen LogP) is 2.37. The van der Waals surface area contributed by atoms with Crippen LogP contribution in [0.2, 0.25) is 0 Å². The molecular formula is C16H26N2O2. The van der Waals surface area contributed by atoms with Crippen LogP contribution in [0.1, 0.15) is 71.6 Å². The van der Waals surface area contributed by atoms with Crippen LogP contribution in [0.4, 0.5) is 0 Å². The number of piperazine rings is 1. The van der Waals surface area contributed by atoms with Crippen molar-refractivity contribution in [1.82, 2.24) is 10.2 Å². The first-order valence-corrected chi connectivity index (χ1v) is 8.14. The highest BCUT2D eigenvalue weighted by molar-refractivity contribution is 6.02. The van der Waals surface area contributed by atoms with Crippen LogP contribution in [-0.2, 0) is 9.59 Å². The van der Waals surface area contributed by atoms with Gasteiger partial charge in [0.15, 0.2) is 0 Å². The zero-order valence-corrected chi connectivity index (χ0v) is 12.7. The molecule has 0 aromatic rings. The van der Waals surface area contributed by atoms with Crippen LogP contribution in [0, 0.1) is 0 Å². The van der Waals surface area contributed by atoms with Gasteiger partial charge < -0.3 is 10.2 Å². The van der Waals surface area contributed by atoms with E-state index in [4.69, 9.17) is 0 Å². The Balaban J connectivity index is 1.95. The third kappa shape index (κ3) is 1.95. The monoisotopic (exact) mass is 278 g/mol. The molecule has 4 heteroatoms. The molecule has 0 atom stereocenters. The first-order valence-electron chi connectivity index (χ1n) is 8.14. The first-order chi connectivity index (χ1) is 9.47. The average Bonchev–Trinajstić information content (AvgIpc) is 2.92. The van der Waals surface area contributed by atoms with Gasteiger partial charge in [0.1, 0.15) is 11.1 Å². The van der Waals surface area contributed by atoms with E-state index in [1.54, 1.807) is 0 Å². The van der Waals surface area contributed by atoms with Crippen molar-refractivity contribution in [1.29, 1.82) is 0 Å². The second-order valence-electron chi connectivity index (χ2n) is 7.27. The quantitative estimate of drug-likeness (QED) is 0.800. The minimum absolute atomic E-state index is 0.0332. The van der Waals surface area contributed by atoms with E-state index in [-0.39, 0.29) is 17.9 Å². The Labute approximate surface area is 121 Å². The maximum Gasteiger partial charge on any atom is 0.249 e. The van der Waals surface area contributed by atoms with E-state index in [9.17, 15) is 9.59 Å². The summed E-state index contributed by atoms with van der Waals surface area (Å²) in [5, 5.41) is 3.10. The van der Waals surface area contributed by atoms with Crippen LogP contribution in [0.3, 0.4) is 0 Å². The topological polar surface area (TPSA) is 49.4 Å². The molecule has 1 N–H and O–H groups in total. The number of nitrogens with zero attached hydrogens (tertiary/aromatic N) is 1. The van der Waals surface area contributed by atoms with Crippen LogP contribution in [0.25, 0.3) is 0 Å². The SMILES string of the molecule is CC1(C)C(=O)NC2(CCCCC2)C(=O)N1C1CCCC1. The Bertz CT molecular complexity index is 418. The highest BCUT2D eigenvalue weighted by Crippen LogP contribution is 2.39. The highest BCUT2D eigenvalue weighted by atomic mass is 16.2. The van der Waals surface area contributed by atoms with Crippen molar-refractivity contribution in [2.24, 2.45) is 0 Å². The molecule has 3 aliphatic rings. The van der Waals surface area contributed by atoms with Crippen LogP contribution in [-0.4, -0.2) is 33.8 Å². The maximum absolute atomic E-state index is 13.2. The van der Waals surface area contributed by atoms with E-state index in [1.807, 2.05) is 18.7 Å². The zero-order chi connectivity index (χ0) is 14.4. The molecule has 0 aromatic heterocycles. The Morgan fingerprint density at radius 1 is 1.00 bits per heavy atom. The third-order valence-corrected chi connectivity index (χ3v) is 5.54. The molecule has 1 spiro atoms. The van der Waals surface area contributed by atoms with Crippen molar-refractivity contribution < 1.29 is 9.59 Å². The van der Waals surface area contributed by atoms with Crippen molar-refractivity contribution in [3.8, 4) is 0 Å². The minimum atomic E-state index is -0.700. The van der Waals surface area contributed by atoms with Gasteiger partial charge in [0, 0.05) is 6.04 Å². The van der Waals surface area contributed by atoms with Gasteiger partial charge >= 0.3 is 0 Å². The van der Waals surface area contributed by atoms with E-state index in [0.29, 0.717) is 0 Å². The fourth-order valence-electron chi connectivity index (χ4n) is 4.30. The summed E-state index contributed by atoms with van der Waals surface area (Å²) in [6.07, 6.45) is 9.37. The third-order valence-electron chi connectivity index (χ3n) is 5.54. The Kier molecular flexibility index (Phi) is 3.30. The molecule has 0 unspecified atom stereocenters. The second kappa shape index (κ2) is 4.74. The molecule has 2 aliphatic carbocycles. The fourth-order valence-corrected chi connectivity index (χ4v) is 4.30. The number of carbonyl (C=O) groups excluding carboxylic acids is 2. The van der Waals surface area contributed by atoms with E-state index in [0.717, 1.165) is 38.5 Å². The number of hydrogen-bond donors (Lipinski definition) is 1. The lowest BCUT2D eigenvalue weighted by atomic mass is 9.76. The maximum atomic E-state index is 13.2. The van der Waals surface area contributed by atoms with Gasteiger partial charge in [0.25, 0.3) is 0 Å². The largest absolute Gasteiger partial charge is 0.340 e. The number of hydrogen-bond acceptors (Lipinski definition) is 2. The summed E-state index contributed by atoms with van der Waals surface area (Å²) in [7, 11) is 0. The second-order valence-corrected chi connectivity index (χ2v) is 7.27. The smallest absolute Gasteiger partial charge is 0.249 e. The summed E-state index contributed by atoms with van der Waals surface area (Å²) in [6.45, 7) is 3.79. The number of rotatable bonds is 1. The molecule has 0 bridgehead atoms. The number of nitrogens with one attached hydrogen (secondary N) is 1. The van der Waals surface area contributed by atoms with Crippen LogP contribution in [0.5, 0.6) is 0 Å². The van der Waals surface area contributed by atoms with Crippen LogP contribution < -0.4 is 5.32 Å². The lowest BCUT2D eigenvalue weighted by Gasteiger charge is -2.53. The lowest BCUT2D eigenvalue weighted by Crippen LogP contribution is -2.75. The standard InChI is InChI=1S/C16H26N2O2/c1-15(2)13(19)17-16(10-6-3-7-11-16)14(20)18(15)12-8-4-5-9-12/h12H,3-11H2,1-2H3,(H,17,19). The Morgan fingerprint density at radius 3 is 2.20 bits per heavy atom. The normalized spacial score (nSPS) is 29.8. The van der Waals surface area contributed by atoms with Gasteiger partial charge in [0.2, 0.25) is 11.8 Å². The summed E-state index contributed by atoms with van der Waals surface area (Å²) in [5.41, 5.74) is -1.29. The van der Waals surface area contributed by atoms with Crippen molar-refractivity contribution in [3.05, 3.63) is 0 Å². The molecule has 20 heavy (non-hydrogen) atoms. The molecule has 0 radical (unpaired) electrons. The Hall–Kier alpha value is -1.06. The molecule has 2 saturated carbocycles. The zero-order valence-electron chi connectivity index (χ0n) is 12.7. The first kappa shape index (κ1) is 13.9. The molecule has 3 fully saturated rings. The Morgan fingerprint density at radius 2 is 1.60 bits per heavy atom. The molecule has 4 nitrogen and oxygen atoms in total. The van der Waals surface area contributed by atoms with Gasteiger partial charge in [-0.15, -0.1) is 0 Å². The van der Waals surface area contributed by atoms with E-state index < -0.39 is 11.1 Å². The van der Waals surface area contributed by atoms with Gasteiger partial charge in [-0.1, -0.05) is 32.1 Å². The highest BCUT2D eigenvalue weighted by Gasteiger charge is 2.56. The van der Waals surface area contributed by atoms with Crippen molar-refractivity contribution in [3.63, 3.8) is 0 Å². The molecule has 1 saturated heterocycles. The number of amides is 2. The van der Waals surface area contributed by atoms with Gasteiger partial charge in [-0.3, -0.25) is 9.59 Å². The molecule has 1 aliphatic heterocycles. The summed E-state index contributed by atoms with van der Waals surface area (Å²) in [6, 6.07) is 0.266. The molecule has 3 rings (SSSR count). The van der Waals surface area contributed by atoms with E-state index in [1.165, 1.54) is 19.3 Å². The van der Waals surface area contributed by atoms with E-state index >= 15 is 0 Å². The van der Waals surface area contributed by atoms with Gasteiger partial charge in [-0.2, -0.15) is 0 Å². The lowest BCUT2D eigenvalue weighted by molar-refractivity contribution is -0.166. The molecule has 0 aromatic carbocycles. The van der Waals surface area contributed by atoms with Crippen molar-refractivity contribution in [2.75, 3.05) is 0 Å². The summed E-state index contributed by atoms with van der Waals surface area (Å²) in [5.74, 6) is 0.222. The molecular weight excluding hydrogens is 252 g/mol. The van der Waals surface area contributed by atoms with Crippen LogP contribution in [0.15, 0.2) is 0 Å².